The number of phenols is 1. The van der Waals surface area contributed by atoms with Crippen molar-refractivity contribution in [2.24, 2.45) is 5.10 Å². The lowest BCUT2D eigenvalue weighted by molar-refractivity contribution is -0.115. The van der Waals surface area contributed by atoms with Gasteiger partial charge in [0.15, 0.2) is 0 Å². The van der Waals surface area contributed by atoms with Crippen LogP contribution >= 0.6 is 0 Å². The van der Waals surface area contributed by atoms with Crippen molar-refractivity contribution in [3.63, 3.8) is 0 Å². The number of benzene rings is 2. The number of phenolic OH excluding ortho intramolecular Hbond substituents is 1. The van der Waals surface area contributed by atoms with E-state index in [4.69, 9.17) is 0 Å². The van der Waals surface area contributed by atoms with Crippen molar-refractivity contribution in [1.29, 1.82) is 0 Å². The molecule has 0 fully saturated rings. The second kappa shape index (κ2) is 9.31. The zero-order chi connectivity index (χ0) is 20.7. The van der Waals surface area contributed by atoms with E-state index in [1.54, 1.807) is 50.2 Å². The predicted octanol–water partition coefficient (Wildman–Crippen LogP) is 2.79. The van der Waals surface area contributed by atoms with Crippen LogP contribution in [-0.4, -0.2) is 28.5 Å². The Labute approximate surface area is 162 Å². The van der Waals surface area contributed by atoms with Crippen molar-refractivity contribution in [3.8, 4) is 5.75 Å². The Morgan fingerprint density at radius 1 is 0.964 bits per heavy atom. The molecule has 8 heteroatoms. The van der Waals surface area contributed by atoms with Crippen LogP contribution in [0.5, 0.6) is 5.75 Å². The van der Waals surface area contributed by atoms with Gasteiger partial charge in [-0.1, -0.05) is 24.3 Å². The molecule has 0 aliphatic rings. The SMILES string of the molecule is CC(=O)Nc1ccccc1NC(=O)C/C(C)=N\NC(=O)c1cccc(C)c1O. The van der Waals surface area contributed by atoms with E-state index in [0.29, 0.717) is 22.6 Å². The Hall–Kier alpha value is -3.68. The number of nitrogens with zero attached hydrogens (tertiary/aromatic N) is 1. The van der Waals surface area contributed by atoms with Gasteiger partial charge < -0.3 is 15.7 Å². The summed E-state index contributed by atoms with van der Waals surface area (Å²) in [7, 11) is 0. The van der Waals surface area contributed by atoms with Gasteiger partial charge in [0.2, 0.25) is 11.8 Å². The van der Waals surface area contributed by atoms with Crippen molar-refractivity contribution >= 4 is 34.8 Å². The summed E-state index contributed by atoms with van der Waals surface area (Å²) in [6.07, 6.45) is -0.0610. The summed E-state index contributed by atoms with van der Waals surface area (Å²) in [4.78, 5) is 35.6. The molecule has 146 valence electrons. The van der Waals surface area contributed by atoms with Gasteiger partial charge in [0.25, 0.3) is 5.91 Å². The van der Waals surface area contributed by atoms with Gasteiger partial charge >= 0.3 is 0 Å². The Kier molecular flexibility index (Phi) is 6.86. The van der Waals surface area contributed by atoms with Gasteiger partial charge in [-0.15, -0.1) is 0 Å². The molecule has 2 aromatic carbocycles. The van der Waals surface area contributed by atoms with Crippen molar-refractivity contribution in [2.75, 3.05) is 10.6 Å². The number of hydrazone groups is 1. The average molecular weight is 382 g/mol. The first kappa shape index (κ1) is 20.6. The molecule has 0 aromatic heterocycles. The molecule has 0 unspecified atom stereocenters. The number of carbonyl (C=O) groups excluding carboxylic acids is 3. The normalized spacial score (nSPS) is 10.9. The molecule has 0 heterocycles. The maximum Gasteiger partial charge on any atom is 0.275 e. The van der Waals surface area contributed by atoms with E-state index < -0.39 is 5.91 Å². The summed E-state index contributed by atoms with van der Waals surface area (Å²) in [5.41, 5.74) is 4.32. The Morgan fingerprint density at radius 3 is 2.25 bits per heavy atom. The van der Waals surface area contributed by atoms with E-state index in [1.165, 1.54) is 13.0 Å². The molecule has 4 N–H and O–H groups in total. The van der Waals surface area contributed by atoms with E-state index in [2.05, 4.69) is 21.2 Å². The number of aryl methyl sites for hydroxylation is 1. The summed E-state index contributed by atoms with van der Waals surface area (Å²) in [6, 6.07) is 11.6. The summed E-state index contributed by atoms with van der Waals surface area (Å²) in [6.45, 7) is 4.66. The fraction of sp³-hybridized carbons (Fsp3) is 0.200. The maximum atomic E-state index is 12.2. The largest absolute Gasteiger partial charge is 0.507 e. The molecule has 0 saturated heterocycles. The molecular formula is C20H22N4O4. The maximum absolute atomic E-state index is 12.2. The van der Waals surface area contributed by atoms with Crippen LogP contribution in [0.15, 0.2) is 47.6 Å². The summed E-state index contributed by atoms with van der Waals surface area (Å²) in [5, 5.41) is 19.2. The Morgan fingerprint density at radius 2 is 1.61 bits per heavy atom. The summed E-state index contributed by atoms with van der Waals surface area (Å²) < 4.78 is 0. The molecule has 0 saturated carbocycles. The van der Waals surface area contributed by atoms with Gasteiger partial charge in [-0.05, 0) is 37.6 Å². The molecule has 3 amide bonds. The molecule has 8 nitrogen and oxygen atoms in total. The first-order valence-corrected chi connectivity index (χ1v) is 8.56. The lowest BCUT2D eigenvalue weighted by Gasteiger charge is -2.11. The van der Waals surface area contributed by atoms with Crippen molar-refractivity contribution in [3.05, 3.63) is 53.6 Å². The Bertz CT molecular complexity index is 938. The van der Waals surface area contributed by atoms with Crippen LogP contribution in [0.4, 0.5) is 11.4 Å². The quantitative estimate of drug-likeness (QED) is 0.453. The minimum atomic E-state index is -0.572. The fourth-order valence-corrected chi connectivity index (χ4v) is 2.41. The van der Waals surface area contributed by atoms with Gasteiger partial charge in [-0.25, -0.2) is 5.43 Å². The zero-order valence-corrected chi connectivity index (χ0v) is 15.9. The topological polar surface area (TPSA) is 120 Å². The van der Waals surface area contributed by atoms with Gasteiger partial charge in [-0.2, -0.15) is 5.10 Å². The van der Waals surface area contributed by atoms with Gasteiger partial charge in [0, 0.05) is 12.6 Å². The molecule has 2 rings (SSSR count). The number of anilines is 2. The summed E-state index contributed by atoms with van der Waals surface area (Å²) >= 11 is 0. The van der Waals surface area contributed by atoms with Gasteiger partial charge in [0.05, 0.1) is 23.4 Å². The van der Waals surface area contributed by atoms with Crippen molar-refractivity contribution in [1.82, 2.24) is 5.43 Å². The monoisotopic (exact) mass is 382 g/mol. The van der Waals surface area contributed by atoms with E-state index >= 15 is 0 Å². The molecular weight excluding hydrogens is 360 g/mol. The third-order valence-electron chi connectivity index (χ3n) is 3.76. The third-order valence-corrected chi connectivity index (χ3v) is 3.76. The highest BCUT2D eigenvalue weighted by atomic mass is 16.3. The number of amides is 3. The van der Waals surface area contributed by atoms with E-state index in [1.807, 2.05) is 0 Å². The van der Waals surface area contributed by atoms with Crippen molar-refractivity contribution < 1.29 is 19.5 Å². The van der Waals surface area contributed by atoms with Crippen LogP contribution in [0.25, 0.3) is 0 Å². The second-order valence-electron chi connectivity index (χ2n) is 6.21. The minimum absolute atomic E-state index is 0.0610. The van der Waals surface area contributed by atoms with Crippen LogP contribution in [0.1, 0.15) is 36.2 Å². The Balaban J connectivity index is 1.98. The number of para-hydroxylation sites is 3. The molecule has 0 aliphatic carbocycles. The number of carbonyl (C=O) groups is 3. The van der Waals surface area contributed by atoms with E-state index in [-0.39, 0.29) is 29.5 Å². The van der Waals surface area contributed by atoms with Gasteiger partial charge in [-0.3, -0.25) is 14.4 Å². The molecule has 0 aliphatic heterocycles. The number of hydrogen-bond acceptors (Lipinski definition) is 5. The van der Waals surface area contributed by atoms with Crippen LogP contribution in [0.2, 0.25) is 0 Å². The van der Waals surface area contributed by atoms with Crippen LogP contribution in [-0.2, 0) is 9.59 Å². The average Bonchev–Trinajstić information content (AvgIpc) is 2.63. The molecule has 0 radical (unpaired) electrons. The lowest BCUT2D eigenvalue weighted by atomic mass is 10.1. The lowest BCUT2D eigenvalue weighted by Crippen LogP contribution is -2.22. The van der Waals surface area contributed by atoms with Crippen LogP contribution < -0.4 is 16.1 Å². The number of hydrogen-bond donors (Lipinski definition) is 4. The molecule has 0 spiro atoms. The molecule has 28 heavy (non-hydrogen) atoms. The third kappa shape index (κ3) is 5.66. The molecule has 0 bridgehead atoms. The fourth-order valence-electron chi connectivity index (χ4n) is 2.41. The highest BCUT2D eigenvalue weighted by Gasteiger charge is 2.13. The van der Waals surface area contributed by atoms with Crippen molar-refractivity contribution in [2.45, 2.75) is 27.2 Å². The van der Waals surface area contributed by atoms with Gasteiger partial charge in [0.1, 0.15) is 5.75 Å². The van der Waals surface area contributed by atoms with E-state index in [0.717, 1.165) is 0 Å². The number of aromatic hydroxyl groups is 1. The first-order valence-electron chi connectivity index (χ1n) is 8.56. The first-order chi connectivity index (χ1) is 13.3. The standard InChI is InChI=1S/C20H22N4O4/c1-12-7-6-8-15(19(12)27)20(28)24-23-13(2)11-18(26)22-17-10-5-4-9-16(17)21-14(3)25/h4-10,27H,11H2,1-3H3,(H,21,25)(H,22,26)(H,24,28)/b23-13-. The highest BCUT2D eigenvalue weighted by Crippen LogP contribution is 2.22. The highest BCUT2D eigenvalue weighted by molar-refractivity contribution is 6.08. The number of rotatable bonds is 6. The number of nitrogens with one attached hydrogen (secondary N) is 3. The molecule has 0 atom stereocenters. The predicted molar refractivity (Wildman–Crippen MR) is 107 cm³/mol. The van der Waals surface area contributed by atoms with Crippen LogP contribution in [0, 0.1) is 6.92 Å². The minimum Gasteiger partial charge on any atom is -0.507 e. The van der Waals surface area contributed by atoms with E-state index in [9.17, 15) is 19.5 Å². The van der Waals surface area contributed by atoms with Crippen LogP contribution in [0.3, 0.4) is 0 Å². The summed E-state index contributed by atoms with van der Waals surface area (Å²) in [5.74, 6) is -1.29. The smallest absolute Gasteiger partial charge is 0.275 e. The molecule has 2 aromatic rings. The second-order valence-corrected chi connectivity index (χ2v) is 6.21. The zero-order valence-electron chi connectivity index (χ0n) is 15.9.